The molecule has 0 spiro atoms. The molecule has 0 aromatic heterocycles. The zero-order chi connectivity index (χ0) is 79.2. The predicted octanol–water partition coefficient (Wildman–Crippen LogP) is -0.672. The number of primary amides is 1. The lowest BCUT2D eigenvalue weighted by Crippen LogP contribution is -2.64. The maximum absolute atomic E-state index is 16.0. The van der Waals surface area contributed by atoms with E-state index in [0.29, 0.717) is 0 Å². The number of rotatable bonds is 16. The molecule has 39 heteroatoms. The molecule has 7 amide bonds. The number of carboxylic acid groups (broad SMARTS) is 2. The van der Waals surface area contributed by atoms with Crippen molar-refractivity contribution in [2.75, 3.05) is 27.3 Å². The number of likely N-dealkylation sites (N-methyl/N-ethyl adjacent to an activating group) is 1. The van der Waals surface area contributed by atoms with Crippen LogP contribution in [-0.2, 0) is 62.2 Å². The number of amides is 7. The first kappa shape index (κ1) is 82.3. The van der Waals surface area contributed by atoms with Crippen molar-refractivity contribution >= 4 is 76.5 Å². The van der Waals surface area contributed by atoms with E-state index in [9.17, 15) is 79.8 Å². The number of aromatic hydroxyl groups is 3. The second kappa shape index (κ2) is 34.6. The number of hydrogen-bond acceptors (Lipinski definition) is 28. The van der Waals surface area contributed by atoms with Gasteiger partial charge in [0, 0.05) is 34.7 Å². The molecule has 0 saturated carbocycles. The maximum atomic E-state index is 16.0. The first-order chi connectivity index (χ1) is 50.9. The largest absolute Gasteiger partial charge is 0.508 e. The van der Waals surface area contributed by atoms with Gasteiger partial charge in [0.2, 0.25) is 53.4 Å². The number of carboxylic acids is 2. The Hall–Kier alpha value is -9.81. The molecule has 12 rings (SSSR count). The third kappa shape index (κ3) is 18.6. The highest BCUT2D eigenvalue weighted by atomic mass is 35.5. The Bertz CT molecular complexity index is 4250. The molecule has 0 aliphatic carbocycles. The molecular weight excluding hydrogens is 1470 g/mol. The Kier molecular flexibility index (Phi) is 26.4. The van der Waals surface area contributed by atoms with Crippen LogP contribution in [-0.4, -0.2) is 216 Å². The van der Waals surface area contributed by atoms with Gasteiger partial charge < -0.3 is 138 Å². The average molecular weight is 1550 g/mol. The summed E-state index contributed by atoms with van der Waals surface area (Å²) in [5, 5.41) is 138. The molecule has 18 atom stereocenters. The highest BCUT2D eigenvalue weighted by molar-refractivity contribution is 6.32. The van der Waals surface area contributed by atoms with E-state index < -0.39 is 243 Å². The minimum absolute atomic E-state index is 0.0975. The molecule has 108 heavy (non-hydrogen) atoms. The molecule has 11 bridgehead atoms. The van der Waals surface area contributed by atoms with Crippen molar-refractivity contribution < 1.29 is 133 Å². The van der Waals surface area contributed by atoms with Crippen molar-refractivity contribution in [3.05, 3.63) is 117 Å². The first-order valence-electron chi connectivity index (χ1n) is 33.4. The highest BCUT2D eigenvalue weighted by Gasteiger charge is 2.52. The summed E-state index contributed by atoms with van der Waals surface area (Å²) in [6.45, 7) is 5.50. The molecule has 37 nitrogen and oxygen atoms in total. The molecule has 584 valence electrons. The fourth-order valence-electron chi connectivity index (χ4n) is 12.6. The summed E-state index contributed by atoms with van der Waals surface area (Å²) in [6.07, 6.45) is -18.6. The fourth-order valence-corrected chi connectivity index (χ4v) is 13.1. The summed E-state index contributed by atoms with van der Waals surface area (Å²) < 4.78 is 38.3. The summed E-state index contributed by atoms with van der Waals surface area (Å²) in [5.41, 5.74) is 10.2. The molecule has 7 aliphatic rings. The van der Waals surface area contributed by atoms with Gasteiger partial charge in [0.05, 0.1) is 48.4 Å². The van der Waals surface area contributed by atoms with Crippen LogP contribution in [0, 0.1) is 5.92 Å². The van der Waals surface area contributed by atoms with Crippen LogP contribution in [0.25, 0.3) is 11.1 Å². The third-order valence-electron chi connectivity index (χ3n) is 18.1. The smallest absolute Gasteiger partial charge is 0.330 e. The summed E-state index contributed by atoms with van der Waals surface area (Å²) in [7, 11) is 2.84. The minimum Gasteiger partial charge on any atom is -0.508 e. The molecular formula is C69H82Cl2N10O27. The number of aliphatic carboxylic acids is 2. The molecule has 0 radical (unpaired) electrons. The van der Waals surface area contributed by atoms with Crippen molar-refractivity contribution in [1.29, 1.82) is 0 Å². The Balaban J connectivity index is 0.00000183. The molecule has 7 heterocycles. The first-order valence-corrected chi connectivity index (χ1v) is 34.1. The van der Waals surface area contributed by atoms with Crippen LogP contribution in [0.3, 0.4) is 0 Å². The van der Waals surface area contributed by atoms with Gasteiger partial charge in [-0.05, 0) is 110 Å². The monoisotopic (exact) mass is 1550 g/mol. The van der Waals surface area contributed by atoms with E-state index in [1.165, 1.54) is 40.1 Å². The number of halogens is 2. The van der Waals surface area contributed by atoms with Gasteiger partial charge in [-0.25, -0.2) is 4.79 Å². The molecule has 5 aromatic rings. The number of aliphatic hydroxyl groups is 6. The normalized spacial score (nSPS) is 28.1. The van der Waals surface area contributed by atoms with Gasteiger partial charge in [0.25, 0.3) is 0 Å². The molecule has 2 saturated heterocycles. The summed E-state index contributed by atoms with van der Waals surface area (Å²) in [5.74, 6) is -16.9. The van der Waals surface area contributed by atoms with Crippen LogP contribution in [0.4, 0.5) is 0 Å². The van der Waals surface area contributed by atoms with Crippen LogP contribution in [0.2, 0.25) is 10.0 Å². The van der Waals surface area contributed by atoms with E-state index >= 15 is 14.4 Å². The van der Waals surface area contributed by atoms with E-state index in [4.69, 9.17) is 68.2 Å². The van der Waals surface area contributed by atoms with Gasteiger partial charge in [-0.2, -0.15) is 5.48 Å². The number of carbonyl (C=O) groups is 9. The number of nitrogens with two attached hydrogens (primary N) is 2. The van der Waals surface area contributed by atoms with Gasteiger partial charge in [0.15, 0.2) is 29.9 Å². The second-order valence-corrected chi connectivity index (χ2v) is 27.4. The second-order valence-electron chi connectivity index (χ2n) is 26.6. The van der Waals surface area contributed by atoms with Crippen molar-refractivity contribution in [2.24, 2.45) is 17.4 Å². The van der Waals surface area contributed by atoms with Gasteiger partial charge >= 0.3 is 11.9 Å². The third-order valence-corrected chi connectivity index (χ3v) is 18.7. The zero-order valence-corrected chi connectivity index (χ0v) is 59.8. The highest BCUT2D eigenvalue weighted by Crippen LogP contribution is 2.50. The van der Waals surface area contributed by atoms with Gasteiger partial charge in [-0.1, -0.05) is 55.2 Å². The van der Waals surface area contributed by atoms with Crippen LogP contribution >= 0.6 is 23.2 Å². The van der Waals surface area contributed by atoms with Crippen molar-refractivity contribution in [3.8, 4) is 57.1 Å². The summed E-state index contributed by atoms with van der Waals surface area (Å²) in [4.78, 5) is 131. The fraction of sp³-hybridized carbons (Fsp3) is 0.435. The van der Waals surface area contributed by atoms with E-state index in [1.807, 2.05) is 13.8 Å². The topological polar surface area (TPSA) is 589 Å². The lowest BCUT2D eigenvalue weighted by molar-refractivity contribution is -0.333. The Morgan fingerprint density at radius 1 is 0.713 bits per heavy atom. The minimum atomic E-state index is -2.35. The average Bonchev–Trinajstić information content (AvgIpc) is 0.768. The van der Waals surface area contributed by atoms with Gasteiger partial charge in [-0.15, -0.1) is 0 Å². The van der Waals surface area contributed by atoms with Crippen LogP contribution in [0.5, 0.6) is 46.0 Å². The molecule has 23 N–H and O–H groups in total. The van der Waals surface area contributed by atoms with Gasteiger partial charge in [-0.3, -0.25) is 38.4 Å². The number of ether oxygens (including phenoxy) is 6. The van der Waals surface area contributed by atoms with E-state index in [-0.39, 0.29) is 52.8 Å². The number of phenols is 3. The van der Waals surface area contributed by atoms with Crippen LogP contribution in [0.1, 0.15) is 105 Å². The maximum Gasteiger partial charge on any atom is 0.330 e. The quantitative estimate of drug-likeness (QED) is 0.0545. The van der Waals surface area contributed by atoms with Crippen molar-refractivity contribution in [1.82, 2.24) is 42.7 Å². The standard InChI is InChI=1S/C66H75Cl2N9O24.C3H7NO3/c1-23(2)12-34(71-5)58(88)76-49-51(83)26-7-10-38(32(67)14-26)97-40-16-28-17-41(55(40)101-65-56(54(86)53(85)42(22-78)99-65)100-44-21-66(4,70)57(87)24(3)96-44)98-39-11-8-27(15-33(39)68)52(84)50-63(93)75-48(64(94)95)31-18-29(79)19-37(81)45(31)30-13-25(6-9-36(30)80)46(60(90)77-50)74-61(91)47(28)73-59(89)35(20-43(69)82)72-62(49)92;1-7-4-2-3(5)6/h6-11,13-19,23-24,34-35,42,44,46-54,56-57,65,71,78-81,83-87H,12,20-22,70H2,1-5H3,(H2,69,82)(H,72,92)(H,73,89)(H,74,91)(H,75,93)(H,76,88)(H,77,90)(H,94,95);4H,2H2,1H3,(H,5,6)/t24-,34+,35-,42+,44-,46+,47+,48-,49+,50-,51+,52+,53+,54-,56+,57+,65-,66-;/m0./s1. The summed E-state index contributed by atoms with van der Waals surface area (Å²) >= 11 is 14.1. The van der Waals surface area contributed by atoms with Crippen molar-refractivity contribution in [3.63, 3.8) is 0 Å². The molecule has 5 aromatic carbocycles. The zero-order valence-electron chi connectivity index (χ0n) is 58.3. The molecule has 2 fully saturated rings. The molecule has 0 unspecified atom stereocenters. The SMILES string of the molecule is CN[C@H](CC(C)C)C(=O)N[C@H]1C(=O)N[C@@H](CC(N)=O)C(=O)N[C@H]2C(=O)N[C@H]3C(=O)N[C@H](C(=O)N[C@H](C(=O)O)c4cc(O)cc(O)c4-c4cc3ccc4O)[C@H](O)c3ccc(c(Cl)c3)Oc3cc2cc(c3O[C@@H]2O[C@H](CO)[C@@H](O)[C@H](O)[C@H]2O[C@H]2C[C@](C)(N)[C@H](O)[C@H](C)O2)Oc2ccc(cc2Cl)[C@H]1O.CONCC(=O)O. The van der Waals surface area contributed by atoms with Crippen molar-refractivity contribution in [2.45, 2.75) is 156 Å². The Morgan fingerprint density at radius 2 is 1.31 bits per heavy atom. The number of fused-ring (bicyclic) bond motifs is 15. The van der Waals surface area contributed by atoms with E-state index in [0.717, 1.165) is 66.7 Å². The Morgan fingerprint density at radius 3 is 1.87 bits per heavy atom. The summed E-state index contributed by atoms with van der Waals surface area (Å²) in [6, 6.07) is -0.679. The number of hydroxylamine groups is 1. The lowest BCUT2D eigenvalue weighted by Gasteiger charge is -2.47. The van der Waals surface area contributed by atoms with E-state index in [1.54, 1.807) is 0 Å². The molecule has 7 aliphatic heterocycles. The Labute approximate surface area is 623 Å². The number of hydrogen-bond donors (Lipinski definition) is 21. The number of aliphatic hydroxyl groups excluding tert-OH is 6. The number of phenolic OH excluding ortho intramolecular Hbond substituents is 3. The number of nitrogens with one attached hydrogen (secondary N) is 8. The number of benzene rings is 5. The number of carbonyl (C=O) groups excluding carboxylic acids is 7. The predicted molar refractivity (Wildman–Crippen MR) is 372 cm³/mol. The van der Waals surface area contributed by atoms with E-state index in [2.05, 4.69) is 47.5 Å². The van der Waals surface area contributed by atoms with Crippen LogP contribution < -0.4 is 68.4 Å². The van der Waals surface area contributed by atoms with Crippen LogP contribution in [0.15, 0.2) is 78.9 Å². The van der Waals surface area contributed by atoms with Gasteiger partial charge in [0.1, 0.15) is 96.0 Å². The lowest BCUT2D eigenvalue weighted by atomic mass is 9.86.